The van der Waals surface area contributed by atoms with Crippen LogP contribution in [0.2, 0.25) is 5.02 Å². The summed E-state index contributed by atoms with van der Waals surface area (Å²) in [5, 5.41) is 11.3. The molecule has 0 spiro atoms. The van der Waals surface area contributed by atoms with E-state index in [4.69, 9.17) is 11.6 Å². The second kappa shape index (κ2) is 6.74. The molecule has 0 bridgehead atoms. The van der Waals surface area contributed by atoms with Gasteiger partial charge in [-0.25, -0.2) is 9.37 Å². The summed E-state index contributed by atoms with van der Waals surface area (Å²) < 4.78 is 14.9. The van der Waals surface area contributed by atoms with Crippen LogP contribution in [-0.2, 0) is 4.79 Å². The highest BCUT2D eigenvalue weighted by molar-refractivity contribution is 7.99. The second-order valence-electron chi connectivity index (χ2n) is 5.12. The number of rotatable bonds is 4. The third kappa shape index (κ3) is 3.49. The molecule has 3 rings (SSSR count). The maximum atomic E-state index is 13.1. The van der Waals surface area contributed by atoms with E-state index in [2.05, 4.69) is 20.5 Å². The van der Waals surface area contributed by atoms with Crippen LogP contribution in [0.15, 0.2) is 29.4 Å². The number of aromatic nitrogens is 4. The number of hydrogen-bond donors (Lipinski definition) is 1. The van der Waals surface area contributed by atoms with Gasteiger partial charge in [0, 0.05) is 17.1 Å². The first-order valence-corrected chi connectivity index (χ1v) is 8.37. The van der Waals surface area contributed by atoms with Crippen LogP contribution in [0.3, 0.4) is 0 Å². The quantitative estimate of drug-likeness (QED) is 0.718. The molecule has 1 aromatic carbocycles. The molecule has 0 aliphatic carbocycles. The van der Waals surface area contributed by atoms with Crippen LogP contribution in [0.25, 0.3) is 5.78 Å². The van der Waals surface area contributed by atoms with Gasteiger partial charge in [-0.15, -0.1) is 10.2 Å². The minimum Gasteiger partial charge on any atom is -0.325 e. The van der Waals surface area contributed by atoms with E-state index < -0.39 is 5.82 Å². The van der Waals surface area contributed by atoms with Gasteiger partial charge in [-0.3, -0.25) is 9.20 Å². The Morgan fingerprint density at radius 2 is 2.12 bits per heavy atom. The Morgan fingerprint density at radius 3 is 2.88 bits per heavy atom. The average molecular weight is 366 g/mol. The van der Waals surface area contributed by atoms with E-state index in [9.17, 15) is 9.18 Å². The van der Waals surface area contributed by atoms with E-state index in [1.807, 2.05) is 19.9 Å². The molecule has 3 aromatic rings. The van der Waals surface area contributed by atoms with Gasteiger partial charge in [-0.1, -0.05) is 23.4 Å². The average Bonchev–Trinajstić information content (AvgIpc) is 2.92. The van der Waals surface area contributed by atoms with Gasteiger partial charge in [0.05, 0.1) is 10.8 Å². The molecule has 0 fully saturated rings. The summed E-state index contributed by atoms with van der Waals surface area (Å²) in [7, 11) is 0. The number of thioether (sulfide) groups is 1. The molecule has 6 nitrogen and oxygen atoms in total. The van der Waals surface area contributed by atoms with E-state index in [0.717, 1.165) is 11.4 Å². The van der Waals surface area contributed by atoms with Crippen molar-refractivity contribution in [3.63, 3.8) is 0 Å². The molecule has 9 heteroatoms. The number of halogens is 2. The number of fused-ring (bicyclic) bond motifs is 1. The van der Waals surface area contributed by atoms with Gasteiger partial charge in [0.25, 0.3) is 5.78 Å². The van der Waals surface area contributed by atoms with Crippen molar-refractivity contribution in [3.05, 3.63) is 46.5 Å². The lowest BCUT2D eigenvalue weighted by Gasteiger charge is -2.06. The van der Waals surface area contributed by atoms with Crippen LogP contribution in [0.5, 0.6) is 0 Å². The van der Waals surface area contributed by atoms with Crippen LogP contribution in [-0.4, -0.2) is 31.2 Å². The van der Waals surface area contributed by atoms with Gasteiger partial charge in [0.15, 0.2) is 5.16 Å². The normalized spacial score (nSPS) is 11.0. The van der Waals surface area contributed by atoms with E-state index in [-0.39, 0.29) is 16.7 Å². The van der Waals surface area contributed by atoms with Crippen molar-refractivity contribution in [2.24, 2.45) is 0 Å². The number of carbonyl (C=O) groups excluding carboxylic acids is 1. The molecule has 24 heavy (non-hydrogen) atoms. The Bertz CT molecular complexity index is 930. The summed E-state index contributed by atoms with van der Waals surface area (Å²) in [6.45, 7) is 3.81. The van der Waals surface area contributed by atoms with Gasteiger partial charge < -0.3 is 5.32 Å². The Kier molecular flexibility index (Phi) is 4.68. The standard InChI is InChI=1S/C15H13ClFN5OS/c1-8-5-9(2)22-14(18-8)20-21-15(22)24-7-13(23)19-10-3-4-12(17)11(16)6-10/h3-6H,7H2,1-2H3,(H,19,23). The molecule has 2 aromatic heterocycles. The minimum atomic E-state index is -0.530. The lowest BCUT2D eigenvalue weighted by atomic mass is 10.3. The molecule has 0 saturated carbocycles. The van der Waals surface area contributed by atoms with Crippen LogP contribution in [0, 0.1) is 19.7 Å². The van der Waals surface area contributed by atoms with Crippen molar-refractivity contribution in [1.82, 2.24) is 19.6 Å². The lowest BCUT2D eigenvalue weighted by molar-refractivity contribution is -0.113. The summed E-state index contributed by atoms with van der Waals surface area (Å²) in [4.78, 5) is 16.3. The Labute approximate surface area is 146 Å². The van der Waals surface area contributed by atoms with E-state index >= 15 is 0 Å². The van der Waals surface area contributed by atoms with Gasteiger partial charge >= 0.3 is 0 Å². The van der Waals surface area contributed by atoms with Gasteiger partial charge in [-0.2, -0.15) is 0 Å². The Morgan fingerprint density at radius 1 is 1.33 bits per heavy atom. The Hall–Kier alpha value is -2.19. The highest BCUT2D eigenvalue weighted by Gasteiger charge is 2.12. The number of nitrogens with one attached hydrogen (secondary N) is 1. The number of amides is 1. The first-order chi connectivity index (χ1) is 11.4. The Balaban J connectivity index is 1.69. The topological polar surface area (TPSA) is 72.2 Å². The summed E-state index contributed by atoms with van der Waals surface area (Å²) in [5.74, 6) is -0.154. The van der Waals surface area contributed by atoms with Gasteiger partial charge in [0.2, 0.25) is 5.91 Å². The number of benzene rings is 1. The molecular weight excluding hydrogens is 353 g/mol. The summed E-state index contributed by atoms with van der Waals surface area (Å²) in [6.07, 6.45) is 0. The van der Waals surface area contributed by atoms with Crippen molar-refractivity contribution in [2.75, 3.05) is 11.1 Å². The zero-order valence-electron chi connectivity index (χ0n) is 12.9. The van der Waals surface area contributed by atoms with Crippen LogP contribution in [0.1, 0.15) is 11.4 Å². The molecule has 0 saturated heterocycles. The smallest absolute Gasteiger partial charge is 0.256 e. The molecule has 1 N–H and O–H groups in total. The number of anilines is 1. The number of nitrogens with zero attached hydrogens (tertiary/aromatic N) is 4. The minimum absolute atomic E-state index is 0.0408. The van der Waals surface area contributed by atoms with Gasteiger partial charge in [0.1, 0.15) is 5.82 Å². The predicted octanol–water partition coefficient (Wildman–Crippen LogP) is 3.26. The summed E-state index contributed by atoms with van der Waals surface area (Å²) in [5.41, 5.74) is 2.23. The van der Waals surface area contributed by atoms with Crippen LogP contribution >= 0.6 is 23.4 Å². The van der Waals surface area contributed by atoms with Crippen molar-refractivity contribution in [1.29, 1.82) is 0 Å². The van der Waals surface area contributed by atoms with E-state index in [1.54, 1.807) is 4.40 Å². The zero-order chi connectivity index (χ0) is 17.3. The molecule has 0 aliphatic rings. The first kappa shape index (κ1) is 16.7. The number of aryl methyl sites for hydroxylation is 2. The maximum Gasteiger partial charge on any atom is 0.256 e. The monoisotopic (exact) mass is 365 g/mol. The molecule has 0 radical (unpaired) electrons. The molecule has 0 aliphatic heterocycles. The second-order valence-corrected chi connectivity index (χ2v) is 6.47. The zero-order valence-corrected chi connectivity index (χ0v) is 14.5. The van der Waals surface area contributed by atoms with E-state index in [0.29, 0.717) is 16.6 Å². The SMILES string of the molecule is Cc1cc(C)n2c(SCC(=O)Nc3ccc(F)c(Cl)c3)nnc2n1. The number of carbonyl (C=O) groups is 1. The molecular formula is C15H13ClFN5OS. The van der Waals surface area contributed by atoms with Crippen molar-refractivity contribution < 1.29 is 9.18 Å². The van der Waals surface area contributed by atoms with Crippen LogP contribution in [0.4, 0.5) is 10.1 Å². The molecule has 1 amide bonds. The van der Waals surface area contributed by atoms with Crippen molar-refractivity contribution >= 4 is 40.7 Å². The molecule has 0 atom stereocenters. The molecule has 2 heterocycles. The largest absolute Gasteiger partial charge is 0.325 e. The fraction of sp³-hybridized carbons (Fsp3) is 0.200. The first-order valence-electron chi connectivity index (χ1n) is 7.01. The number of hydrogen-bond acceptors (Lipinski definition) is 5. The van der Waals surface area contributed by atoms with Gasteiger partial charge in [-0.05, 0) is 38.1 Å². The maximum absolute atomic E-state index is 13.1. The highest BCUT2D eigenvalue weighted by Crippen LogP contribution is 2.21. The highest BCUT2D eigenvalue weighted by atomic mass is 35.5. The van der Waals surface area contributed by atoms with Crippen LogP contribution < -0.4 is 5.32 Å². The summed E-state index contributed by atoms with van der Waals surface area (Å²) >= 11 is 6.93. The fourth-order valence-electron chi connectivity index (χ4n) is 2.19. The third-order valence-electron chi connectivity index (χ3n) is 3.20. The third-order valence-corrected chi connectivity index (χ3v) is 4.42. The lowest BCUT2D eigenvalue weighted by Crippen LogP contribution is -2.14. The fourth-order valence-corrected chi connectivity index (χ4v) is 3.16. The molecule has 0 unspecified atom stereocenters. The predicted molar refractivity (Wildman–Crippen MR) is 91.0 cm³/mol. The van der Waals surface area contributed by atoms with E-state index in [1.165, 1.54) is 30.0 Å². The van der Waals surface area contributed by atoms with Crippen molar-refractivity contribution in [3.8, 4) is 0 Å². The summed E-state index contributed by atoms with van der Waals surface area (Å²) in [6, 6.07) is 5.94. The van der Waals surface area contributed by atoms with Crippen molar-refractivity contribution in [2.45, 2.75) is 19.0 Å². The molecule has 124 valence electrons.